The van der Waals surface area contributed by atoms with Gasteiger partial charge in [-0.1, -0.05) is 29.8 Å². The largest absolute Gasteiger partial charge is 0.378 e. The quantitative estimate of drug-likeness (QED) is 0.643. The average molecular weight is 362 g/mol. The van der Waals surface area contributed by atoms with Crippen LogP contribution in [-0.4, -0.2) is 61.6 Å². The summed E-state index contributed by atoms with van der Waals surface area (Å²) >= 11 is 6.11. The fourth-order valence-corrected chi connectivity index (χ4v) is 2.43. The van der Waals surface area contributed by atoms with Gasteiger partial charge < -0.3 is 14.5 Å². The van der Waals surface area contributed by atoms with Gasteiger partial charge in [0, 0.05) is 37.8 Å². The Morgan fingerprint density at radius 3 is 2.68 bits per heavy atom. The third kappa shape index (κ3) is 4.55. The number of hydrogen-bond acceptors (Lipinski definition) is 8. The molecule has 8 nitrogen and oxygen atoms in total. The zero-order valence-corrected chi connectivity index (χ0v) is 14.9. The Hall–Kier alpha value is -2.45. The molecule has 9 heteroatoms. The van der Waals surface area contributed by atoms with Crippen LogP contribution in [0.1, 0.15) is 5.56 Å². The zero-order chi connectivity index (χ0) is 17.6. The highest BCUT2D eigenvalue weighted by Crippen LogP contribution is 2.17. The van der Waals surface area contributed by atoms with Gasteiger partial charge in [-0.2, -0.15) is 20.1 Å². The van der Waals surface area contributed by atoms with Crippen molar-refractivity contribution in [3.8, 4) is 0 Å². The molecule has 0 unspecified atom stereocenters. The third-order valence-corrected chi connectivity index (χ3v) is 3.92. The van der Waals surface area contributed by atoms with E-state index in [0.717, 1.165) is 18.7 Å². The maximum Gasteiger partial charge on any atom is 0.250 e. The normalized spacial score (nSPS) is 14.8. The smallest absolute Gasteiger partial charge is 0.250 e. The predicted molar refractivity (Wildman–Crippen MR) is 99.9 cm³/mol. The molecule has 1 aliphatic heterocycles. The van der Waals surface area contributed by atoms with E-state index in [4.69, 9.17) is 16.3 Å². The van der Waals surface area contributed by atoms with Crippen LogP contribution in [0.25, 0.3) is 0 Å². The Morgan fingerprint density at radius 2 is 1.96 bits per heavy atom. The number of hydrogen-bond donors (Lipinski definition) is 1. The third-order valence-electron chi connectivity index (χ3n) is 3.58. The number of benzene rings is 1. The summed E-state index contributed by atoms with van der Waals surface area (Å²) in [6.45, 7) is 2.82. The van der Waals surface area contributed by atoms with Crippen molar-refractivity contribution in [3.63, 3.8) is 0 Å². The fourth-order valence-electron chi connectivity index (χ4n) is 2.25. The lowest BCUT2D eigenvalue weighted by Crippen LogP contribution is -2.37. The Morgan fingerprint density at radius 1 is 1.20 bits per heavy atom. The van der Waals surface area contributed by atoms with E-state index in [1.807, 2.05) is 43.3 Å². The number of halogens is 1. The van der Waals surface area contributed by atoms with Crippen LogP contribution in [0.3, 0.4) is 0 Å². The van der Waals surface area contributed by atoms with E-state index < -0.39 is 0 Å². The topological polar surface area (TPSA) is 78.8 Å². The molecule has 0 spiro atoms. The SMILES string of the molecule is CN(C)c1nc(N/N=C\c2ccccc2Cl)nc(N2CCOCC2)n1. The van der Waals surface area contributed by atoms with Gasteiger partial charge in [0.15, 0.2) is 0 Å². The van der Waals surface area contributed by atoms with Gasteiger partial charge in [0.05, 0.1) is 19.4 Å². The van der Waals surface area contributed by atoms with Gasteiger partial charge >= 0.3 is 0 Å². The van der Waals surface area contributed by atoms with Gasteiger partial charge in [0.2, 0.25) is 17.8 Å². The van der Waals surface area contributed by atoms with Crippen LogP contribution in [0, 0.1) is 0 Å². The molecule has 1 aliphatic rings. The predicted octanol–water partition coefficient (Wildman–Crippen LogP) is 1.87. The number of nitrogens with zero attached hydrogens (tertiary/aromatic N) is 6. The van der Waals surface area contributed by atoms with Crippen molar-refractivity contribution < 1.29 is 4.74 Å². The van der Waals surface area contributed by atoms with Crippen molar-refractivity contribution in [1.82, 2.24) is 15.0 Å². The first-order valence-corrected chi connectivity index (χ1v) is 8.31. The average Bonchev–Trinajstić information content (AvgIpc) is 2.64. The Labute approximate surface area is 151 Å². The van der Waals surface area contributed by atoms with Crippen LogP contribution < -0.4 is 15.2 Å². The number of ether oxygens (including phenoxy) is 1. The fraction of sp³-hybridized carbons (Fsp3) is 0.375. The summed E-state index contributed by atoms with van der Waals surface area (Å²) in [4.78, 5) is 17.2. The van der Waals surface area contributed by atoms with Crippen molar-refractivity contribution in [2.45, 2.75) is 0 Å². The lowest BCUT2D eigenvalue weighted by molar-refractivity contribution is 0.122. The highest BCUT2D eigenvalue weighted by molar-refractivity contribution is 6.33. The number of hydrazone groups is 1. The van der Waals surface area contributed by atoms with E-state index in [1.54, 1.807) is 6.21 Å². The molecule has 0 radical (unpaired) electrons. The monoisotopic (exact) mass is 361 g/mol. The zero-order valence-electron chi connectivity index (χ0n) is 14.2. The Kier molecular flexibility index (Phi) is 5.62. The summed E-state index contributed by atoms with van der Waals surface area (Å²) in [5.41, 5.74) is 3.67. The number of nitrogens with one attached hydrogen (secondary N) is 1. The molecule has 0 saturated carbocycles. The van der Waals surface area contributed by atoms with E-state index in [1.165, 1.54) is 0 Å². The van der Waals surface area contributed by atoms with E-state index in [9.17, 15) is 0 Å². The molecule has 25 heavy (non-hydrogen) atoms. The summed E-state index contributed by atoms with van der Waals surface area (Å²) in [6, 6.07) is 7.46. The summed E-state index contributed by atoms with van der Waals surface area (Å²) in [6.07, 6.45) is 1.63. The number of aromatic nitrogens is 3. The van der Waals surface area contributed by atoms with Gasteiger partial charge in [0.1, 0.15) is 0 Å². The number of rotatable bonds is 5. The van der Waals surface area contributed by atoms with Crippen LogP contribution in [-0.2, 0) is 4.74 Å². The molecule has 3 rings (SSSR count). The highest BCUT2D eigenvalue weighted by atomic mass is 35.5. The summed E-state index contributed by atoms with van der Waals surface area (Å²) in [7, 11) is 3.77. The molecular weight excluding hydrogens is 342 g/mol. The Bertz CT molecular complexity index is 747. The molecule has 0 aliphatic carbocycles. The molecule has 1 aromatic heterocycles. The van der Waals surface area contributed by atoms with Gasteiger partial charge in [-0.25, -0.2) is 5.43 Å². The van der Waals surface area contributed by atoms with E-state index in [2.05, 4.69) is 30.4 Å². The molecule has 0 bridgehead atoms. The molecule has 1 fully saturated rings. The van der Waals surface area contributed by atoms with Crippen molar-refractivity contribution in [1.29, 1.82) is 0 Å². The minimum atomic E-state index is 0.378. The van der Waals surface area contributed by atoms with Gasteiger partial charge in [-0.05, 0) is 6.07 Å². The standard InChI is InChI=1S/C16H20ClN7O/c1-23(2)15-19-14(20-16(21-15)24-7-9-25-10-8-24)22-18-11-12-5-3-4-6-13(12)17/h3-6,11H,7-10H2,1-2H3,(H,19,20,21,22)/b18-11-. The molecule has 0 atom stereocenters. The second-order valence-corrected chi connectivity index (χ2v) is 6.05. The molecule has 2 aromatic rings. The summed E-state index contributed by atoms with van der Waals surface area (Å²) in [5.74, 6) is 1.55. The molecule has 1 aromatic carbocycles. The second kappa shape index (κ2) is 8.09. The molecule has 1 saturated heterocycles. The first kappa shape index (κ1) is 17.4. The minimum absolute atomic E-state index is 0.378. The van der Waals surface area contributed by atoms with Crippen LogP contribution in [0.5, 0.6) is 0 Å². The maximum atomic E-state index is 6.11. The van der Waals surface area contributed by atoms with E-state index >= 15 is 0 Å². The van der Waals surface area contributed by atoms with Crippen LogP contribution in [0.15, 0.2) is 29.4 Å². The summed E-state index contributed by atoms with van der Waals surface area (Å²) in [5, 5.41) is 4.82. The molecule has 1 N–H and O–H groups in total. The lowest BCUT2D eigenvalue weighted by atomic mass is 10.2. The summed E-state index contributed by atoms with van der Waals surface area (Å²) < 4.78 is 5.38. The number of morpholine rings is 1. The van der Waals surface area contributed by atoms with Crippen molar-refractivity contribution >= 4 is 35.7 Å². The first-order valence-electron chi connectivity index (χ1n) is 7.93. The van der Waals surface area contributed by atoms with Crippen molar-refractivity contribution in [2.75, 3.05) is 55.6 Å². The van der Waals surface area contributed by atoms with Gasteiger partial charge in [0.25, 0.3) is 0 Å². The second-order valence-electron chi connectivity index (χ2n) is 5.64. The van der Waals surface area contributed by atoms with Crippen LogP contribution in [0.4, 0.5) is 17.8 Å². The molecule has 132 valence electrons. The van der Waals surface area contributed by atoms with Crippen LogP contribution in [0.2, 0.25) is 5.02 Å². The minimum Gasteiger partial charge on any atom is -0.378 e. The van der Waals surface area contributed by atoms with E-state index in [0.29, 0.717) is 36.1 Å². The van der Waals surface area contributed by atoms with Gasteiger partial charge in [-0.15, -0.1) is 0 Å². The van der Waals surface area contributed by atoms with Crippen molar-refractivity contribution in [3.05, 3.63) is 34.9 Å². The molecule has 2 heterocycles. The lowest BCUT2D eigenvalue weighted by Gasteiger charge is -2.27. The molecule has 0 amide bonds. The van der Waals surface area contributed by atoms with Gasteiger partial charge in [-0.3, -0.25) is 0 Å². The molecular formula is C16H20ClN7O. The number of anilines is 3. The maximum absolute atomic E-state index is 6.11. The highest BCUT2D eigenvalue weighted by Gasteiger charge is 2.17. The first-order chi connectivity index (χ1) is 12.1. The van der Waals surface area contributed by atoms with Crippen molar-refractivity contribution in [2.24, 2.45) is 5.10 Å². The van der Waals surface area contributed by atoms with E-state index in [-0.39, 0.29) is 0 Å². The Balaban J connectivity index is 1.80. The van der Waals surface area contributed by atoms with Crippen LogP contribution >= 0.6 is 11.6 Å².